The van der Waals surface area contributed by atoms with Crippen molar-refractivity contribution >= 4 is 23.3 Å². The van der Waals surface area contributed by atoms with Gasteiger partial charge >= 0.3 is 0 Å². The van der Waals surface area contributed by atoms with Crippen molar-refractivity contribution in [3.8, 4) is 23.3 Å². The standard InChI is InChI=1S/C22H22N6O3/c1-22(2,29)8-6-16-13-20-27(10-3-11-28(20)26-16)19-7-9-23-21(25-19)24-15-4-5-17-18(12-15)31-14-30-17/h4-5,7,9,12-13,29H,3,10-11,14H2,1-2H3,(H,23,24,25). The van der Waals surface area contributed by atoms with Crippen molar-refractivity contribution in [3.05, 3.63) is 42.2 Å². The van der Waals surface area contributed by atoms with E-state index in [0.717, 1.165) is 42.6 Å². The van der Waals surface area contributed by atoms with Gasteiger partial charge < -0.3 is 24.8 Å². The van der Waals surface area contributed by atoms with Crippen molar-refractivity contribution in [1.29, 1.82) is 0 Å². The van der Waals surface area contributed by atoms with Crippen LogP contribution in [0.2, 0.25) is 0 Å². The molecule has 0 saturated heterocycles. The number of hydrogen-bond donors (Lipinski definition) is 2. The zero-order valence-corrected chi connectivity index (χ0v) is 17.3. The number of aromatic nitrogens is 4. The first-order valence-electron chi connectivity index (χ1n) is 10.1. The summed E-state index contributed by atoms with van der Waals surface area (Å²) in [6.45, 7) is 5.15. The van der Waals surface area contributed by atoms with E-state index in [4.69, 9.17) is 14.5 Å². The minimum absolute atomic E-state index is 0.232. The number of fused-ring (bicyclic) bond motifs is 2. The largest absolute Gasteiger partial charge is 0.454 e. The van der Waals surface area contributed by atoms with Gasteiger partial charge in [0.2, 0.25) is 12.7 Å². The van der Waals surface area contributed by atoms with Crippen molar-refractivity contribution in [2.24, 2.45) is 0 Å². The molecule has 0 saturated carbocycles. The lowest BCUT2D eigenvalue weighted by atomic mass is 10.1. The zero-order chi connectivity index (χ0) is 21.4. The van der Waals surface area contributed by atoms with Gasteiger partial charge in [-0.25, -0.2) is 9.67 Å². The van der Waals surface area contributed by atoms with Crippen LogP contribution in [0.15, 0.2) is 36.5 Å². The number of aliphatic hydroxyl groups is 1. The van der Waals surface area contributed by atoms with Gasteiger partial charge in [0, 0.05) is 37.1 Å². The fraction of sp³-hybridized carbons (Fsp3) is 0.318. The lowest BCUT2D eigenvalue weighted by Crippen LogP contribution is -2.28. The Morgan fingerprint density at radius 3 is 2.87 bits per heavy atom. The Morgan fingerprint density at radius 2 is 2.00 bits per heavy atom. The number of rotatable bonds is 3. The molecule has 31 heavy (non-hydrogen) atoms. The van der Waals surface area contributed by atoms with Gasteiger partial charge in [-0.05, 0) is 44.4 Å². The van der Waals surface area contributed by atoms with Crippen LogP contribution >= 0.6 is 0 Å². The average Bonchev–Trinajstić information content (AvgIpc) is 3.38. The maximum atomic E-state index is 9.86. The van der Waals surface area contributed by atoms with Crippen LogP contribution in [0.5, 0.6) is 11.5 Å². The van der Waals surface area contributed by atoms with E-state index in [1.165, 1.54) is 0 Å². The van der Waals surface area contributed by atoms with Gasteiger partial charge in [-0.1, -0.05) is 5.92 Å². The number of benzene rings is 1. The maximum Gasteiger partial charge on any atom is 0.231 e. The molecule has 1 aromatic carbocycles. The predicted octanol–water partition coefficient (Wildman–Crippen LogP) is 2.81. The highest BCUT2D eigenvalue weighted by molar-refractivity contribution is 5.63. The summed E-state index contributed by atoms with van der Waals surface area (Å²) in [4.78, 5) is 11.1. The fourth-order valence-corrected chi connectivity index (χ4v) is 3.45. The van der Waals surface area contributed by atoms with Crippen molar-refractivity contribution in [3.63, 3.8) is 0 Å². The number of aryl methyl sites for hydroxylation is 1. The van der Waals surface area contributed by atoms with E-state index >= 15 is 0 Å². The molecule has 2 N–H and O–H groups in total. The molecule has 2 aliphatic rings. The van der Waals surface area contributed by atoms with E-state index in [2.05, 4.69) is 32.1 Å². The smallest absolute Gasteiger partial charge is 0.231 e. The Balaban J connectivity index is 1.40. The normalized spacial score (nSPS) is 14.6. The molecule has 0 spiro atoms. The summed E-state index contributed by atoms with van der Waals surface area (Å²) in [6, 6.07) is 9.41. The Hall–Kier alpha value is -3.77. The first kappa shape index (κ1) is 19.2. The molecule has 0 fully saturated rings. The first-order valence-corrected chi connectivity index (χ1v) is 10.1. The molecule has 2 aromatic heterocycles. The number of ether oxygens (including phenoxy) is 2. The Labute approximate surface area is 179 Å². The SMILES string of the molecule is CC(C)(O)C#Cc1cc2n(n1)CCCN2c1ccnc(Nc2ccc3c(c2)OCO3)n1. The van der Waals surface area contributed by atoms with Crippen molar-refractivity contribution < 1.29 is 14.6 Å². The van der Waals surface area contributed by atoms with Crippen LogP contribution in [0.4, 0.5) is 23.3 Å². The van der Waals surface area contributed by atoms with E-state index in [1.807, 2.05) is 35.0 Å². The van der Waals surface area contributed by atoms with Crippen molar-refractivity contribution in [2.45, 2.75) is 32.4 Å². The molecule has 0 radical (unpaired) electrons. The highest BCUT2D eigenvalue weighted by Crippen LogP contribution is 2.35. The average molecular weight is 418 g/mol. The van der Waals surface area contributed by atoms with Gasteiger partial charge in [-0.2, -0.15) is 10.1 Å². The summed E-state index contributed by atoms with van der Waals surface area (Å²) in [7, 11) is 0. The van der Waals surface area contributed by atoms with E-state index in [0.29, 0.717) is 17.4 Å². The highest BCUT2D eigenvalue weighted by atomic mass is 16.7. The quantitative estimate of drug-likeness (QED) is 0.627. The van der Waals surface area contributed by atoms with Gasteiger partial charge in [0.1, 0.15) is 22.9 Å². The minimum Gasteiger partial charge on any atom is -0.454 e. The van der Waals surface area contributed by atoms with Gasteiger partial charge in [-0.15, -0.1) is 0 Å². The third-order valence-corrected chi connectivity index (χ3v) is 4.83. The third-order valence-electron chi connectivity index (χ3n) is 4.83. The van der Waals surface area contributed by atoms with Crippen LogP contribution in [-0.4, -0.2) is 43.8 Å². The van der Waals surface area contributed by atoms with Crippen LogP contribution in [0, 0.1) is 11.8 Å². The lowest BCUT2D eigenvalue weighted by Gasteiger charge is -2.28. The zero-order valence-electron chi connectivity index (χ0n) is 17.3. The summed E-state index contributed by atoms with van der Waals surface area (Å²) >= 11 is 0. The number of hydrogen-bond acceptors (Lipinski definition) is 8. The summed E-state index contributed by atoms with van der Waals surface area (Å²) in [5.74, 6) is 9.35. The monoisotopic (exact) mass is 418 g/mol. The van der Waals surface area contributed by atoms with Gasteiger partial charge in [0.15, 0.2) is 11.5 Å². The van der Waals surface area contributed by atoms with Crippen molar-refractivity contribution in [1.82, 2.24) is 19.7 Å². The van der Waals surface area contributed by atoms with Crippen LogP contribution in [0.3, 0.4) is 0 Å². The second kappa shape index (κ2) is 7.49. The molecule has 0 atom stereocenters. The third kappa shape index (κ3) is 4.11. The second-order valence-electron chi connectivity index (χ2n) is 7.86. The molecular weight excluding hydrogens is 396 g/mol. The molecule has 158 valence electrons. The van der Waals surface area contributed by atoms with Crippen LogP contribution in [0.25, 0.3) is 0 Å². The van der Waals surface area contributed by atoms with Gasteiger partial charge in [0.25, 0.3) is 0 Å². The van der Waals surface area contributed by atoms with Crippen LogP contribution < -0.4 is 19.7 Å². The molecule has 5 rings (SSSR count). The number of nitrogens with one attached hydrogen (secondary N) is 1. The Kier molecular flexibility index (Phi) is 4.64. The molecule has 3 aromatic rings. The summed E-state index contributed by atoms with van der Waals surface area (Å²) in [5, 5.41) is 17.6. The van der Waals surface area contributed by atoms with Crippen molar-refractivity contribution in [2.75, 3.05) is 23.6 Å². The van der Waals surface area contributed by atoms with Gasteiger partial charge in [-0.3, -0.25) is 0 Å². The van der Waals surface area contributed by atoms with E-state index in [9.17, 15) is 5.11 Å². The minimum atomic E-state index is -1.06. The summed E-state index contributed by atoms with van der Waals surface area (Å²) in [5.41, 5.74) is 0.372. The molecule has 9 heteroatoms. The number of nitrogens with zero attached hydrogens (tertiary/aromatic N) is 5. The maximum absolute atomic E-state index is 9.86. The summed E-state index contributed by atoms with van der Waals surface area (Å²) < 4.78 is 12.7. The number of anilines is 4. The topological polar surface area (TPSA) is 97.6 Å². The molecule has 0 bridgehead atoms. The fourth-order valence-electron chi connectivity index (χ4n) is 3.45. The molecular formula is C22H22N6O3. The van der Waals surface area contributed by atoms with Crippen LogP contribution in [0.1, 0.15) is 26.0 Å². The predicted molar refractivity (Wildman–Crippen MR) is 115 cm³/mol. The lowest BCUT2D eigenvalue weighted by molar-refractivity contribution is 0.143. The molecule has 0 unspecified atom stereocenters. The molecule has 9 nitrogen and oxygen atoms in total. The Morgan fingerprint density at radius 1 is 1.13 bits per heavy atom. The first-order chi connectivity index (χ1) is 14.9. The molecule has 0 amide bonds. The molecule has 2 aliphatic heterocycles. The Bertz CT molecular complexity index is 1190. The van der Waals surface area contributed by atoms with E-state index in [1.54, 1.807) is 20.0 Å². The highest BCUT2D eigenvalue weighted by Gasteiger charge is 2.22. The van der Waals surface area contributed by atoms with E-state index < -0.39 is 5.60 Å². The summed E-state index contributed by atoms with van der Waals surface area (Å²) in [6.07, 6.45) is 2.66. The van der Waals surface area contributed by atoms with E-state index in [-0.39, 0.29) is 6.79 Å². The van der Waals surface area contributed by atoms with Gasteiger partial charge in [0.05, 0.1) is 0 Å². The second-order valence-corrected chi connectivity index (χ2v) is 7.86. The molecule has 4 heterocycles. The molecule has 0 aliphatic carbocycles. The van der Waals surface area contributed by atoms with Crippen LogP contribution in [-0.2, 0) is 6.54 Å².